The van der Waals surface area contributed by atoms with Crippen LogP contribution < -0.4 is 5.73 Å². The average molecular weight is 352 g/mol. The fourth-order valence-corrected chi connectivity index (χ4v) is 2.89. The van der Waals surface area contributed by atoms with Gasteiger partial charge in [0, 0.05) is 16.0 Å². The number of nitrogens with two attached hydrogens (primary N) is 1. The van der Waals surface area contributed by atoms with Crippen LogP contribution in [0.2, 0.25) is 10.0 Å². The van der Waals surface area contributed by atoms with E-state index < -0.39 is 18.1 Å². The molecule has 2 atom stereocenters. The molecule has 0 bridgehead atoms. The van der Waals surface area contributed by atoms with Crippen LogP contribution in [0, 0.1) is 0 Å². The monoisotopic (exact) mass is 351 g/mol. The molecule has 5 heteroatoms. The van der Waals surface area contributed by atoms with Crippen molar-refractivity contribution in [3.05, 3.63) is 69.7 Å². The zero-order valence-electron chi connectivity index (χ0n) is 13.0. The van der Waals surface area contributed by atoms with E-state index in [0.717, 1.165) is 11.1 Å². The second-order valence-electron chi connectivity index (χ2n) is 5.52. The molecule has 0 aromatic heterocycles. The fourth-order valence-electron chi connectivity index (χ4n) is 2.49. The van der Waals surface area contributed by atoms with Crippen molar-refractivity contribution in [2.24, 2.45) is 5.73 Å². The van der Waals surface area contributed by atoms with Crippen LogP contribution in [-0.2, 0) is 9.53 Å². The molecule has 0 heterocycles. The van der Waals surface area contributed by atoms with Gasteiger partial charge in [0.1, 0.15) is 12.1 Å². The third kappa shape index (κ3) is 4.71. The van der Waals surface area contributed by atoms with Crippen LogP contribution in [0.15, 0.2) is 48.5 Å². The first kappa shape index (κ1) is 17.8. The number of hydrogen-bond acceptors (Lipinski definition) is 3. The van der Waals surface area contributed by atoms with Crippen molar-refractivity contribution < 1.29 is 9.53 Å². The maximum absolute atomic E-state index is 11.9. The molecule has 2 aromatic carbocycles. The van der Waals surface area contributed by atoms with Gasteiger partial charge in [0.15, 0.2) is 0 Å². The molecule has 0 aliphatic heterocycles. The van der Waals surface area contributed by atoms with E-state index in [1.165, 1.54) is 0 Å². The molecule has 0 unspecified atom stereocenters. The van der Waals surface area contributed by atoms with Gasteiger partial charge >= 0.3 is 5.97 Å². The minimum Gasteiger partial charge on any atom is -0.461 e. The smallest absolute Gasteiger partial charge is 0.322 e. The summed E-state index contributed by atoms with van der Waals surface area (Å²) in [6.07, 6.45) is -0.412. The molecule has 0 spiro atoms. The van der Waals surface area contributed by atoms with Crippen LogP contribution in [0.4, 0.5) is 0 Å². The summed E-state index contributed by atoms with van der Waals surface area (Å²) in [7, 11) is 0. The summed E-state index contributed by atoms with van der Waals surface area (Å²) in [6, 6.07) is 14.3. The van der Waals surface area contributed by atoms with Gasteiger partial charge < -0.3 is 10.5 Å². The molecule has 0 saturated heterocycles. The summed E-state index contributed by atoms with van der Waals surface area (Å²) in [5.41, 5.74) is 7.49. The second-order valence-corrected chi connectivity index (χ2v) is 6.39. The van der Waals surface area contributed by atoms with Gasteiger partial charge in [-0.15, -0.1) is 0 Å². The summed E-state index contributed by atoms with van der Waals surface area (Å²) >= 11 is 12.2. The largest absolute Gasteiger partial charge is 0.461 e. The molecule has 0 saturated carbocycles. The van der Waals surface area contributed by atoms with Gasteiger partial charge in [0.2, 0.25) is 0 Å². The number of ether oxygens (including phenoxy) is 1. The number of halogens is 2. The zero-order valence-corrected chi connectivity index (χ0v) is 14.5. The number of esters is 1. The minimum absolute atomic E-state index is 0.185. The molecule has 0 amide bonds. The Morgan fingerprint density at radius 1 is 1.00 bits per heavy atom. The summed E-state index contributed by atoms with van der Waals surface area (Å²) < 4.78 is 5.51. The summed E-state index contributed by atoms with van der Waals surface area (Å²) in [5, 5.41) is 1.25. The standard InChI is InChI=1S/C18H19Cl2NO2/c1-11(21)18(22)23-12(2)17(13-5-3-7-15(19)9-13)14-6-4-8-16(20)10-14/h3-12,17H,21H2,1-2H3/t11-,12-/m0/s1. The van der Waals surface area contributed by atoms with Crippen molar-refractivity contribution in [2.75, 3.05) is 0 Å². The van der Waals surface area contributed by atoms with Crippen LogP contribution in [-0.4, -0.2) is 18.1 Å². The van der Waals surface area contributed by atoms with Crippen molar-refractivity contribution in [3.63, 3.8) is 0 Å². The Labute approximate surface area is 146 Å². The molecule has 0 aliphatic rings. The highest BCUT2D eigenvalue weighted by atomic mass is 35.5. The zero-order chi connectivity index (χ0) is 17.0. The first-order valence-electron chi connectivity index (χ1n) is 7.35. The molecule has 2 aromatic rings. The maximum Gasteiger partial charge on any atom is 0.322 e. The Morgan fingerprint density at radius 2 is 1.48 bits per heavy atom. The number of rotatable bonds is 5. The third-order valence-corrected chi connectivity index (χ3v) is 4.03. The molecule has 122 valence electrons. The Balaban J connectivity index is 2.41. The first-order chi connectivity index (χ1) is 10.9. The SMILES string of the molecule is C[C@H](N)C(=O)O[C@@H](C)C(c1cccc(Cl)c1)c1cccc(Cl)c1. The molecular weight excluding hydrogens is 333 g/mol. The Hall–Kier alpha value is -1.55. The van der Waals surface area contributed by atoms with Gasteiger partial charge in [-0.1, -0.05) is 47.5 Å². The Kier molecular flexibility index (Phi) is 6.05. The minimum atomic E-state index is -0.670. The lowest BCUT2D eigenvalue weighted by Gasteiger charge is -2.26. The molecule has 2 rings (SSSR count). The van der Waals surface area contributed by atoms with Crippen molar-refractivity contribution >= 4 is 29.2 Å². The van der Waals surface area contributed by atoms with Crippen molar-refractivity contribution in [1.29, 1.82) is 0 Å². The molecule has 2 N–H and O–H groups in total. The molecule has 0 fully saturated rings. The number of benzene rings is 2. The molecular formula is C18H19Cl2NO2. The van der Waals surface area contributed by atoms with E-state index >= 15 is 0 Å². The van der Waals surface area contributed by atoms with E-state index in [-0.39, 0.29) is 5.92 Å². The highest BCUT2D eigenvalue weighted by Crippen LogP contribution is 2.32. The van der Waals surface area contributed by atoms with Gasteiger partial charge in [0.05, 0.1) is 0 Å². The lowest BCUT2D eigenvalue weighted by atomic mass is 9.87. The normalized spacial score (nSPS) is 13.7. The van der Waals surface area contributed by atoms with Crippen LogP contribution in [0.5, 0.6) is 0 Å². The topological polar surface area (TPSA) is 52.3 Å². The quantitative estimate of drug-likeness (QED) is 0.812. The first-order valence-corrected chi connectivity index (χ1v) is 8.11. The van der Waals surface area contributed by atoms with Crippen molar-refractivity contribution in [2.45, 2.75) is 31.9 Å². The predicted molar refractivity (Wildman–Crippen MR) is 94.0 cm³/mol. The van der Waals surface area contributed by atoms with E-state index in [4.69, 9.17) is 33.7 Å². The summed E-state index contributed by atoms with van der Waals surface area (Å²) in [6.45, 7) is 3.44. The van der Waals surface area contributed by atoms with Crippen molar-refractivity contribution in [1.82, 2.24) is 0 Å². The average Bonchev–Trinajstić information content (AvgIpc) is 2.47. The van der Waals surface area contributed by atoms with E-state index in [9.17, 15) is 4.79 Å². The maximum atomic E-state index is 11.9. The van der Waals surface area contributed by atoms with Crippen LogP contribution in [0.3, 0.4) is 0 Å². The highest BCUT2D eigenvalue weighted by molar-refractivity contribution is 6.31. The highest BCUT2D eigenvalue weighted by Gasteiger charge is 2.26. The fraction of sp³-hybridized carbons (Fsp3) is 0.278. The van der Waals surface area contributed by atoms with Gasteiger partial charge in [-0.25, -0.2) is 0 Å². The second kappa shape index (κ2) is 7.82. The van der Waals surface area contributed by atoms with Gasteiger partial charge in [-0.05, 0) is 49.2 Å². The Bertz CT molecular complexity index is 643. The van der Waals surface area contributed by atoms with Gasteiger partial charge in [-0.2, -0.15) is 0 Å². The number of carbonyl (C=O) groups excluding carboxylic acids is 1. The predicted octanol–water partition coefficient (Wildman–Crippen LogP) is 4.40. The lowest BCUT2D eigenvalue weighted by Crippen LogP contribution is -2.33. The van der Waals surface area contributed by atoms with E-state index in [1.54, 1.807) is 19.1 Å². The van der Waals surface area contributed by atoms with Crippen LogP contribution in [0.1, 0.15) is 30.9 Å². The van der Waals surface area contributed by atoms with E-state index in [2.05, 4.69) is 0 Å². The molecule has 0 aliphatic carbocycles. The summed E-state index contributed by atoms with van der Waals surface area (Å²) in [5.74, 6) is -0.623. The Morgan fingerprint density at radius 3 is 1.87 bits per heavy atom. The van der Waals surface area contributed by atoms with Crippen LogP contribution in [0.25, 0.3) is 0 Å². The molecule has 23 heavy (non-hydrogen) atoms. The molecule has 0 radical (unpaired) electrons. The van der Waals surface area contributed by atoms with Crippen molar-refractivity contribution in [3.8, 4) is 0 Å². The molecule has 3 nitrogen and oxygen atoms in total. The van der Waals surface area contributed by atoms with E-state index in [1.807, 2.05) is 43.3 Å². The number of hydrogen-bond donors (Lipinski definition) is 1. The number of carbonyl (C=O) groups is 1. The van der Waals surface area contributed by atoms with Gasteiger partial charge in [-0.3, -0.25) is 4.79 Å². The van der Waals surface area contributed by atoms with Crippen LogP contribution >= 0.6 is 23.2 Å². The lowest BCUT2D eigenvalue weighted by molar-refractivity contribution is -0.149. The third-order valence-electron chi connectivity index (χ3n) is 3.56. The van der Waals surface area contributed by atoms with E-state index in [0.29, 0.717) is 10.0 Å². The summed E-state index contributed by atoms with van der Waals surface area (Å²) in [4.78, 5) is 11.9. The van der Waals surface area contributed by atoms with Gasteiger partial charge in [0.25, 0.3) is 0 Å².